The fourth-order valence-corrected chi connectivity index (χ4v) is 4.66. The monoisotopic (exact) mass is 493 g/mol. The van der Waals surface area contributed by atoms with Crippen LogP contribution < -0.4 is 16.0 Å². The average Bonchev–Trinajstić information content (AvgIpc) is 2.88. The normalized spacial score (nSPS) is 15.7. The number of amides is 4. The number of carbonyl (C=O) groups is 3. The number of benzene rings is 2. The van der Waals surface area contributed by atoms with Crippen molar-refractivity contribution >= 4 is 29.2 Å². The number of hydrogen-bond acceptors (Lipinski definition) is 4. The Hall–Kier alpha value is -3.39. The molecule has 2 aromatic carbocycles. The van der Waals surface area contributed by atoms with Crippen LogP contribution in [-0.2, 0) is 9.59 Å². The van der Waals surface area contributed by atoms with Crippen LogP contribution in [0.2, 0.25) is 0 Å². The highest BCUT2D eigenvalue weighted by Crippen LogP contribution is 2.24. The summed E-state index contributed by atoms with van der Waals surface area (Å²) < 4.78 is 0. The molecule has 2 aromatic rings. The molecule has 8 nitrogen and oxygen atoms in total. The van der Waals surface area contributed by atoms with Crippen molar-refractivity contribution in [3.8, 4) is 11.1 Å². The second-order valence-corrected chi connectivity index (χ2v) is 9.22. The Morgan fingerprint density at radius 2 is 1.72 bits per heavy atom. The van der Waals surface area contributed by atoms with Gasteiger partial charge in [-0.05, 0) is 81.6 Å². The van der Waals surface area contributed by atoms with Crippen molar-refractivity contribution in [1.29, 1.82) is 0 Å². The summed E-state index contributed by atoms with van der Waals surface area (Å²) in [6.07, 6.45) is 2.84. The molecular formula is C28H39N5O3. The van der Waals surface area contributed by atoms with Gasteiger partial charge in [0.1, 0.15) is 0 Å². The molecule has 1 aliphatic rings. The zero-order valence-electron chi connectivity index (χ0n) is 21.7. The molecule has 0 radical (unpaired) electrons. The summed E-state index contributed by atoms with van der Waals surface area (Å²) in [4.78, 5) is 40.6. The van der Waals surface area contributed by atoms with E-state index in [0.29, 0.717) is 12.2 Å². The van der Waals surface area contributed by atoms with Crippen molar-refractivity contribution in [1.82, 2.24) is 15.1 Å². The molecule has 0 saturated carbocycles. The summed E-state index contributed by atoms with van der Waals surface area (Å²) in [6.45, 7) is 10.3. The van der Waals surface area contributed by atoms with Gasteiger partial charge in [-0.3, -0.25) is 9.59 Å². The Morgan fingerprint density at radius 1 is 0.972 bits per heavy atom. The van der Waals surface area contributed by atoms with E-state index < -0.39 is 0 Å². The largest absolute Gasteiger partial charge is 0.343 e. The third kappa shape index (κ3) is 8.09. The topological polar surface area (TPSA) is 93.8 Å². The third-order valence-corrected chi connectivity index (χ3v) is 6.53. The van der Waals surface area contributed by atoms with E-state index in [0.717, 1.165) is 68.8 Å². The molecule has 3 rings (SSSR count). The van der Waals surface area contributed by atoms with E-state index >= 15 is 0 Å². The number of anilines is 2. The fourth-order valence-electron chi connectivity index (χ4n) is 4.66. The maximum Gasteiger partial charge on any atom is 0.319 e. The first kappa shape index (κ1) is 27.2. The molecule has 4 amide bonds. The molecule has 0 spiro atoms. The molecule has 0 bridgehead atoms. The number of urea groups is 1. The minimum Gasteiger partial charge on any atom is -0.343 e. The third-order valence-electron chi connectivity index (χ3n) is 6.53. The van der Waals surface area contributed by atoms with E-state index in [4.69, 9.17) is 0 Å². The standard InChI is InChI=1S/C28H39N5O3/c1-4-33(5-2)27(35)24-10-7-17-32(20-24)18-8-16-29-28(36)31-25-14-12-22(13-15-25)23-9-6-11-26(19-23)30-21(3)34/h6,9,11-15,19,24H,4-5,7-8,10,16-18,20H2,1-3H3,(H,30,34)(H2,29,31,36). The molecular weight excluding hydrogens is 454 g/mol. The molecule has 1 aliphatic heterocycles. The van der Waals surface area contributed by atoms with Gasteiger partial charge in [-0.1, -0.05) is 24.3 Å². The van der Waals surface area contributed by atoms with E-state index in [2.05, 4.69) is 20.9 Å². The van der Waals surface area contributed by atoms with E-state index in [-0.39, 0.29) is 23.8 Å². The SMILES string of the molecule is CCN(CC)C(=O)C1CCCN(CCCNC(=O)Nc2ccc(-c3cccc(NC(C)=O)c3)cc2)C1. The Morgan fingerprint density at radius 3 is 2.42 bits per heavy atom. The molecule has 36 heavy (non-hydrogen) atoms. The number of likely N-dealkylation sites (tertiary alicyclic amines) is 1. The smallest absolute Gasteiger partial charge is 0.319 e. The zero-order valence-corrected chi connectivity index (χ0v) is 21.7. The minimum atomic E-state index is -0.233. The molecule has 194 valence electrons. The van der Waals surface area contributed by atoms with Gasteiger partial charge >= 0.3 is 6.03 Å². The predicted molar refractivity (Wildman–Crippen MR) is 145 cm³/mol. The molecule has 1 unspecified atom stereocenters. The van der Waals surface area contributed by atoms with E-state index in [1.54, 1.807) is 0 Å². The number of rotatable bonds is 10. The van der Waals surface area contributed by atoms with Crippen LogP contribution in [-0.4, -0.2) is 66.9 Å². The van der Waals surface area contributed by atoms with Crippen molar-refractivity contribution in [2.75, 3.05) is 49.9 Å². The molecule has 0 aromatic heterocycles. The highest BCUT2D eigenvalue weighted by Gasteiger charge is 2.27. The molecule has 3 N–H and O–H groups in total. The first-order chi connectivity index (χ1) is 17.4. The number of nitrogens with one attached hydrogen (secondary N) is 3. The zero-order chi connectivity index (χ0) is 25.9. The van der Waals surface area contributed by atoms with Crippen molar-refractivity contribution in [3.63, 3.8) is 0 Å². The molecule has 1 heterocycles. The molecule has 8 heteroatoms. The summed E-state index contributed by atoms with van der Waals surface area (Å²) >= 11 is 0. The molecule has 1 atom stereocenters. The number of carbonyl (C=O) groups excluding carboxylic acids is 3. The van der Waals surface area contributed by atoms with E-state index in [1.165, 1.54) is 6.92 Å². The summed E-state index contributed by atoms with van der Waals surface area (Å²) in [5.74, 6) is 0.252. The van der Waals surface area contributed by atoms with Crippen molar-refractivity contribution in [3.05, 3.63) is 48.5 Å². The summed E-state index contributed by atoms with van der Waals surface area (Å²) in [6, 6.07) is 15.0. The van der Waals surface area contributed by atoms with Gasteiger partial charge in [0, 0.05) is 44.5 Å². The maximum atomic E-state index is 12.7. The molecule has 1 fully saturated rings. The number of piperidine rings is 1. The average molecular weight is 494 g/mol. The summed E-state index contributed by atoms with van der Waals surface area (Å²) in [5, 5.41) is 8.58. The Labute approximate surface area is 214 Å². The van der Waals surface area contributed by atoms with Gasteiger partial charge in [0.25, 0.3) is 0 Å². The second kappa shape index (κ2) is 13.6. The maximum absolute atomic E-state index is 12.7. The number of hydrogen-bond donors (Lipinski definition) is 3. The van der Waals surface area contributed by atoms with E-state index in [9.17, 15) is 14.4 Å². The van der Waals surface area contributed by atoms with Gasteiger partial charge in [-0.25, -0.2) is 4.79 Å². The van der Waals surface area contributed by atoms with Crippen LogP contribution in [0.15, 0.2) is 48.5 Å². The Bertz CT molecular complexity index is 1020. The van der Waals surface area contributed by atoms with Crippen LogP contribution in [0.25, 0.3) is 11.1 Å². The quantitative estimate of drug-likeness (QED) is 0.428. The first-order valence-electron chi connectivity index (χ1n) is 12.9. The van der Waals surface area contributed by atoms with Crippen LogP contribution >= 0.6 is 0 Å². The lowest BCUT2D eigenvalue weighted by molar-refractivity contribution is -0.137. The van der Waals surface area contributed by atoms with Crippen molar-refractivity contribution in [2.45, 2.75) is 40.0 Å². The fraction of sp³-hybridized carbons (Fsp3) is 0.464. The van der Waals surface area contributed by atoms with Gasteiger partial charge in [0.2, 0.25) is 11.8 Å². The number of nitrogens with zero attached hydrogens (tertiary/aromatic N) is 2. The highest BCUT2D eigenvalue weighted by molar-refractivity contribution is 5.90. The van der Waals surface area contributed by atoms with Crippen LogP contribution in [0, 0.1) is 5.92 Å². The minimum absolute atomic E-state index is 0.0887. The second-order valence-electron chi connectivity index (χ2n) is 9.22. The Balaban J connectivity index is 1.40. The van der Waals surface area contributed by atoms with Crippen LogP contribution in [0.3, 0.4) is 0 Å². The summed E-state index contributed by atoms with van der Waals surface area (Å²) in [5.41, 5.74) is 3.43. The lowest BCUT2D eigenvalue weighted by Crippen LogP contribution is -2.45. The van der Waals surface area contributed by atoms with E-state index in [1.807, 2.05) is 67.3 Å². The van der Waals surface area contributed by atoms with Crippen molar-refractivity contribution < 1.29 is 14.4 Å². The van der Waals surface area contributed by atoms with Crippen LogP contribution in [0.4, 0.5) is 16.2 Å². The van der Waals surface area contributed by atoms with Gasteiger partial charge in [-0.2, -0.15) is 0 Å². The van der Waals surface area contributed by atoms with Crippen molar-refractivity contribution in [2.24, 2.45) is 5.92 Å². The van der Waals surface area contributed by atoms with Gasteiger partial charge < -0.3 is 25.8 Å². The van der Waals surface area contributed by atoms with Crippen LogP contribution in [0.1, 0.15) is 40.0 Å². The van der Waals surface area contributed by atoms with Crippen LogP contribution in [0.5, 0.6) is 0 Å². The van der Waals surface area contributed by atoms with Gasteiger partial charge in [0.05, 0.1) is 5.92 Å². The predicted octanol–water partition coefficient (Wildman–Crippen LogP) is 4.40. The first-order valence-corrected chi connectivity index (χ1v) is 12.9. The highest BCUT2D eigenvalue weighted by atomic mass is 16.2. The molecule has 1 saturated heterocycles. The van der Waals surface area contributed by atoms with Gasteiger partial charge in [0.15, 0.2) is 0 Å². The Kier molecular flexibility index (Phi) is 10.3. The van der Waals surface area contributed by atoms with Gasteiger partial charge in [-0.15, -0.1) is 0 Å². The lowest BCUT2D eigenvalue weighted by atomic mass is 9.96. The summed E-state index contributed by atoms with van der Waals surface area (Å²) in [7, 11) is 0. The lowest BCUT2D eigenvalue weighted by Gasteiger charge is -2.34. The molecule has 0 aliphatic carbocycles.